The molecule has 0 aliphatic carbocycles. The van der Waals surface area contributed by atoms with Gasteiger partial charge in [-0.25, -0.2) is 4.39 Å². The van der Waals surface area contributed by atoms with Crippen molar-refractivity contribution in [1.29, 1.82) is 0 Å². The van der Waals surface area contributed by atoms with Crippen LogP contribution < -0.4 is 5.73 Å². The monoisotopic (exact) mass is 284 g/mol. The predicted octanol–water partition coefficient (Wildman–Crippen LogP) is 2.49. The first-order valence-electron chi connectivity index (χ1n) is 6.37. The fourth-order valence-corrected chi connectivity index (χ4v) is 1.97. The van der Waals surface area contributed by atoms with E-state index in [2.05, 4.69) is 15.1 Å². The molecule has 1 aromatic carbocycles. The van der Waals surface area contributed by atoms with Crippen molar-refractivity contribution in [3.8, 4) is 11.4 Å². The second-order valence-electron chi connectivity index (χ2n) is 4.87. The molecule has 106 valence electrons. The molecule has 0 spiro atoms. The van der Waals surface area contributed by atoms with Crippen LogP contribution in [0.2, 0.25) is 0 Å². The van der Waals surface area contributed by atoms with Gasteiger partial charge in [-0.1, -0.05) is 5.16 Å². The van der Waals surface area contributed by atoms with E-state index in [-0.39, 0.29) is 11.7 Å². The Labute approximate surface area is 120 Å². The fraction of sp³-hybridized carbons (Fsp3) is 0.133. The molecule has 0 saturated heterocycles. The van der Waals surface area contributed by atoms with E-state index in [9.17, 15) is 4.39 Å². The highest BCUT2D eigenvalue weighted by Crippen LogP contribution is 2.26. The van der Waals surface area contributed by atoms with Gasteiger partial charge in [-0.2, -0.15) is 4.98 Å². The summed E-state index contributed by atoms with van der Waals surface area (Å²) in [6.45, 7) is 1.78. The van der Waals surface area contributed by atoms with Crippen LogP contribution >= 0.6 is 0 Å². The summed E-state index contributed by atoms with van der Waals surface area (Å²) in [6, 6.07) is 9.45. The van der Waals surface area contributed by atoms with Gasteiger partial charge in [0.15, 0.2) is 0 Å². The van der Waals surface area contributed by atoms with Crippen molar-refractivity contribution in [1.82, 2.24) is 15.1 Å². The van der Waals surface area contributed by atoms with E-state index in [4.69, 9.17) is 10.3 Å². The second kappa shape index (κ2) is 5.06. The van der Waals surface area contributed by atoms with Crippen molar-refractivity contribution in [2.45, 2.75) is 12.5 Å². The molecule has 0 fully saturated rings. The first-order chi connectivity index (χ1) is 10.1. The molecule has 0 bridgehead atoms. The first kappa shape index (κ1) is 13.4. The molecule has 1 unspecified atom stereocenters. The number of hydrogen-bond acceptors (Lipinski definition) is 5. The Morgan fingerprint density at radius 1 is 1.10 bits per heavy atom. The van der Waals surface area contributed by atoms with Crippen LogP contribution in [0.15, 0.2) is 53.3 Å². The van der Waals surface area contributed by atoms with E-state index < -0.39 is 5.54 Å². The molecule has 2 heterocycles. The summed E-state index contributed by atoms with van der Waals surface area (Å²) >= 11 is 0. The van der Waals surface area contributed by atoms with Gasteiger partial charge in [-0.05, 0) is 48.9 Å². The Balaban J connectivity index is 1.96. The maximum Gasteiger partial charge on any atom is 0.251 e. The van der Waals surface area contributed by atoms with Gasteiger partial charge >= 0.3 is 0 Å². The Kier molecular flexibility index (Phi) is 3.23. The third kappa shape index (κ3) is 2.53. The van der Waals surface area contributed by atoms with Crippen LogP contribution in [-0.2, 0) is 5.54 Å². The number of hydrogen-bond donors (Lipinski definition) is 1. The van der Waals surface area contributed by atoms with E-state index in [0.717, 1.165) is 5.56 Å². The van der Waals surface area contributed by atoms with Crippen molar-refractivity contribution >= 4 is 0 Å². The van der Waals surface area contributed by atoms with Crippen LogP contribution in [0.25, 0.3) is 11.4 Å². The Morgan fingerprint density at radius 3 is 2.43 bits per heavy atom. The lowest BCUT2D eigenvalue weighted by Gasteiger charge is -2.19. The maximum atomic E-state index is 12.9. The van der Waals surface area contributed by atoms with Crippen molar-refractivity contribution in [2.24, 2.45) is 5.73 Å². The number of benzene rings is 1. The molecule has 5 nitrogen and oxygen atoms in total. The van der Waals surface area contributed by atoms with Crippen molar-refractivity contribution in [2.75, 3.05) is 0 Å². The molecule has 6 heteroatoms. The Bertz CT molecular complexity index is 738. The fourth-order valence-electron chi connectivity index (χ4n) is 1.97. The van der Waals surface area contributed by atoms with Crippen LogP contribution in [0.5, 0.6) is 0 Å². The van der Waals surface area contributed by atoms with Gasteiger partial charge in [0.1, 0.15) is 11.4 Å². The van der Waals surface area contributed by atoms with Gasteiger partial charge in [0, 0.05) is 18.0 Å². The van der Waals surface area contributed by atoms with E-state index in [1.807, 2.05) is 0 Å². The lowest BCUT2D eigenvalue weighted by Crippen LogP contribution is -2.34. The smallest absolute Gasteiger partial charge is 0.251 e. The summed E-state index contributed by atoms with van der Waals surface area (Å²) in [6.07, 6.45) is 3.30. The summed E-state index contributed by atoms with van der Waals surface area (Å²) in [5.41, 5.74) is 6.84. The molecule has 2 N–H and O–H groups in total. The number of rotatable bonds is 3. The van der Waals surface area contributed by atoms with Gasteiger partial charge in [0.05, 0.1) is 0 Å². The summed E-state index contributed by atoms with van der Waals surface area (Å²) in [5.74, 6) is 0.340. The number of aromatic nitrogens is 3. The summed E-state index contributed by atoms with van der Waals surface area (Å²) in [7, 11) is 0. The van der Waals surface area contributed by atoms with Crippen LogP contribution in [0.4, 0.5) is 4.39 Å². The third-order valence-corrected chi connectivity index (χ3v) is 3.25. The lowest BCUT2D eigenvalue weighted by atomic mass is 9.94. The minimum Gasteiger partial charge on any atom is -0.337 e. The molecule has 0 radical (unpaired) electrons. The number of halogens is 1. The molecule has 2 aromatic heterocycles. The largest absolute Gasteiger partial charge is 0.337 e. The average Bonchev–Trinajstić information content (AvgIpc) is 2.99. The van der Waals surface area contributed by atoms with Gasteiger partial charge in [0.25, 0.3) is 5.89 Å². The molecule has 0 saturated carbocycles. The number of nitrogens with two attached hydrogens (primary N) is 1. The zero-order valence-electron chi connectivity index (χ0n) is 11.3. The van der Waals surface area contributed by atoms with E-state index in [0.29, 0.717) is 11.4 Å². The number of pyridine rings is 1. The highest BCUT2D eigenvalue weighted by Gasteiger charge is 2.30. The second-order valence-corrected chi connectivity index (χ2v) is 4.87. The quantitative estimate of drug-likeness (QED) is 0.799. The molecule has 3 aromatic rings. The normalized spacial score (nSPS) is 13.9. The Morgan fingerprint density at radius 2 is 1.76 bits per heavy atom. The van der Waals surface area contributed by atoms with Gasteiger partial charge < -0.3 is 10.3 Å². The standard InChI is InChI=1S/C15H13FN4O/c1-15(17,11-6-8-18-9-7-11)14-19-13(20-21-14)10-2-4-12(16)5-3-10/h2-9H,17H2,1H3. The zero-order valence-corrected chi connectivity index (χ0v) is 11.3. The molecule has 1 atom stereocenters. The topological polar surface area (TPSA) is 77.8 Å². The molecular formula is C15H13FN4O. The van der Waals surface area contributed by atoms with E-state index in [1.165, 1.54) is 12.1 Å². The zero-order chi connectivity index (χ0) is 14.9. The SMILES string of the molecule is CC(N)(c1ccncc1)c1nc(-c2ccc(F)cc2)no1. The maximum absolute atomic E-state index is 12.9. The molecule has 0 aliphatic rings. The van der Waals surface area contributed by atoms with Crippen LogP contribution in [0.1, 0.15) is 18.4 Å². The predicted molar refractivity (Wildman–Crippen MR) is 74.6 cm³/mol. The summed E-state index contributed by atoms with van der Waals surface area (Å²) in [5, 5.41) is 3.90. The van der Waals surface area contributed by atoms with Gasteiger partial charge in [0.2, 0.25) is 5.82 Å². The van der Waals surface area contributed by atoms with Crippen molar-refractivity contribution in [3.63, 3.8) is 0 Å². The number of nitrogens with zero attached hydrogens (tertiary/aromatic N) is 3. The lowest BCUT2D eigenvalue weighted by molar-refractivity contribution is 0.325. The minimum absolute atomic E-state index is 0.285. The highest BCUT2D eigenvalue weighted by molar-refractivity contribution is 5.54. The van der Waals surface area contributed by atoms with E-state index in [1.54, 1.807) is 43.6 Å². The Hall–Kier alpha value is -2.60. The molecule has 21 heavy (non-hydrogen) atoms. The van der Waals surface area contributed by atoms with Crippen LogP contribution in [-0.4, -0.2) is 15.1 Å². The van der Waals surface area contributed by atoms with Crippen LogP contribution in [0.3, 0.4) is 0 Å². The molecule has 3 rings (SSSR count). The third-order valence-electron chi connectivity index (χ3n) is 3.25. The first-order valence-corrected chi connectivity index (χ1v) is 6.37. The minimum atomic E-state index is -0.922. The summed E-state index contributed by atoms with van der Waals surface area (Å²) in [4.78, 5) is 8.27. The van der Waals surface area contributed by atoms with E-state index >= 15 is 0 Å². The molecule has 0 amide bonds. The van der Waals surface area contributed by atoms with Crippen molar-refractivity contribution < 1.29 is 8.91 Å². The molecular weight excluding hydrogens is 271 g/mol. The molecule has 0 aliphatic heterocycles. The summed E-state index contributed by atoms with van der Waals surface area (Å²) < 4.78 is 18.2. The van der Waals surface area contributed by atoms with Gasteiger partial charge in [-0.3, -0.25) is 4.98 Å². The van der Waals surface area contributed by atoms with Crippen LogP contribution in [0, 0.1) is 5.82 Å². The average molecular weight is 284 g/mol. The van der Waals surface area contributed by atoms with Crippen molar-refractivity contribution in [3.05, 3.63) is 66.1 Å². The highest BCUT2D eigenvalue weighted by atomic mass is 19.1. The van der Waals surface area contributed by atoms with Gasteiger partial charge in [-0.15, -0.1) is 0 Å².